The van der Waals surface area contributed by atoms with Gasteiger partial charge in [-0.15, -0.1) is 0 Å². The maximum absolute atomic E-state index is 13.0. The summed E-state index contributed by atoms with van der Waals surface area (Å²) < 4.78 is 0. The van der Waals surface area contributed by atoms with Crippen LogP contribution in [0.15, 0.2) is 54.7 Å². The first-order chi connectivity index (χ1) is 13.2. The van der Waals surface area contributed by atoms with Crippen LogP contribution in [0.5, 0.6) is 0 Å². The summed E-state index contributed by atoms with van der Waals surface area (Å²) in [4.78, 5) is 22.1. The van der Waals surface area contributed by atoms with Gasteiger partial charge in [-0.05, 0) is 62.4 Å². The highest BCUT2D eigenvalue weighted by molar-refractivity contribution is 5.84. The van der Waals surface area contributed by atoms with Crippen molar-refractivity contribution in [1.29, 1.82) is 0 Å². The average Bonchev–Trinajstić information content (AvgIpc) is 2.73. The number of pyridine rings is 1. The molecule has 2 aliphatic heterocycles. The van der Waals surface area contributed by atoms with E-state index in [0.717, 1.165) is 57.7 Å². The van der Waals surface area contributed by atoms with E-state index in [1.807, 2.05) is 18.3 Å². The first-order valence-electron chi connectivity index (χ1n) is 10.2. The first kappa shape index (κ1) is 18.2. The summed E-state index contributed by atoms with van der Waals surface area (Å²) in [7, 11) is 0. The van der Waals surface area contributed by atoms with Gasteiger partial charge in [0.2, 0.25) is 5.91 Å². The lowest BCUT2D eigenvalue weighted by molar-refractivity contribution is -0.141. The third-order valence-electron chi connectivity index (χ3n) is 6.39. The Labute approximate surface area is 162 Å². The molecule has 1 aromatic heterocycles. The molecule has 2 saturated heterocycles. The van der Waals surface area contributed by atoms with Crippen LogP contribution in [0.4, 0.5) is 0 Å². The van der Waals surface area contributed by atoms with Crippen molar-refractivity contribution in [3.05, 3.63) is 66.0 Å². The number of rotatable bonds is 4. The van der Waals surface area contributed by atoms with Crippen LogP contribution in [0.3, 0.4) is 0 Å². The maximum Gasteiger partial charge on any atom is 0.230 e. The van der Waals surface area contributed by atoms with Crippen molar-refractivity contribution in [3.63, 3.8) is 0 Å². The monoisotopic (exact) mass is 363 g/mol. The van der Waals surface area contributed by atoms with Crippen molar-refractivity contribution in [3.8, 4) is 0 Å². The van der Waals surface area contributed by atoms with E-state index in [0.29, 0.717) is 5.91 Å². The minimum atomic E-state index is 0.0160. The lowest BCUT2D eigenvalue weighted by atomic mass is 9.67. The topological polar surface area (TPSA) is 36.4 Å². The first-order valence-corrected chi connectivity index (χ1v) is 10.2. The van der Waals surface area contributed by atoms with Gasteiger partial charge in [-0.25, -0.2) is 0 Å². The number of likely N-dealkylation sites (tertiary alicyclic amines) is 2. The van der Waals surface area contributed by atoms with Crippen LogP contribution in [0, 0.1) is 5.41 Å². The third kappa shape index (κ3) is 3.91. The molecule has 1 unspecified atom stereocenters. The Morgan fingerprint density at radius 2 is 1.81 bits per heavy atom. The Morgan fingerprint density at radius 3 is 2.48 bits per heavy atom. The molecule has 4 rings (SSSR count). The fraction of sp³-hybridized carbons (Fsp3) is 0.478. The zero-order valence-corrected chi connectivity index (χ0v) is 16.2. The Kier molecular flexibility index (Phi) is 5.26. The molecule has 0 N–H and O–H groups in total. The molecule has 27 heavy (non-hydrogen) atoms. The van der Waals surface area contributed by atoms with Crippen molar-refractivity contribution < 1.29 is 4.79 Å². The number of aromatic nitrogens is 1. The van der Waals surface area contributed by atoms with Crippen LogP contribution in [-0.4, -0.2) is 46.9 Å². The standard InChI is InChI=1S/C23H29N3O/c1-2-26-18-23(16-21(22(26)27)19-8-4-3-5-9-19)11-14-25(15-12-23)17-20-10-6-7-13-24-20/h3-10,13,21H,2,11-12,14-18H2,1H3. The lowest BCUT2D eigenvalue weighted by Gasteiger charge is -2.49. The molecule has 142 valence electrons. The second-order valence-corrected chi connectivity index (χ2v) is 8.12. The highest BCUT2D eigenvalue weighted by Gasteiger charge is 2.45. The molecule has 0 aliphatic carbocycles. The van der Waals surface area contributed by atoms with Gasteiger partial charge in [0.05, 0.1) is 11.6 Å². The average molecular weight is 364 g/mol. The molecular formula is C23H29N3O. The van der Waals surface area contributed by atoms with E-state index in [1.165, 1.54) is 5.56 Å². The number of piperidine rings is 2. The van der Waals surface area contributed by atoms with Crippen molar-refractivity contribution >= 4 is 5.91 Å². The van der Waals surface area contributed by atoms with E-state index in [4.69, 9.17) is 0 Å². The zero-order valence-electron chi connectivity index (χ0n) is 16.2. The van der Waals surface area contributed by atoms with Crippen LogP contribution >= 0.6 is 0 Å². The SMILES string of the molecule is CCN1CC2(CCN(Cc3ccccn3)CC2)CC(c2ccccc2)C1=O. The van der Waals surface area contributed by atoms with Crippen LogP contribution in [0.2, 0.25) is 0 Å². The normalized spacial score (nSPS) is 22.9. The summed E-state index contributed by atoms with van der Waals surface area (Å²) in [6, 6.07) is 16.5. The van der Waals surface area contributed by atoms with Crippen molar-refractivity contribution in [1.82, 2.24) is 14.8 Å². The fourth-order valence-electron chi connectivity index (χ4n) is 4.77. The Balaban J connectivity index is 1.47. The lowest BCUT2D eigenvalue weighted by Crippen LogP contribution is -2.53. The number of hydrogen-bond acceptors (Lipinski definition) is 3. The summed E-state index contributed by atoms with van der Waals surface area (Å²) in [5.41, 5.74) is 2.57. The zero-order chi connectivity index (χ0) is 18.7. The number of amides is 1. The number of carbonyl (C=O) groups excluding carboxylic acids is 1. The second kappa shape index (κ2) is 7.81. The van der Waals surface area contributed by atoms with Gasteiger partial charge in [0.1, 0.15) is 0 Å². The highest BCUT2D eigenvalue weighted by Crippen LogP contribution is 2.45. The Morgan fingerprint density at radius 1 is 1.07 bits per heavy atom. The molecule has 0 bridgehead atoms. The molecule has 2 aliphatic rings. The van der Waals surface area contributed by atoms with Gasteiger partial charge < -0.3 is 4.90 Å². The summed E-state index contributed by atoms with van der Waals surface area (Å²) in [6.45, 7) is 6.93. The second-order valence-electron chi connectivity index (χ2n) is 8.12. The van der Waals surface area contributed by atoms with E-state index in [-0.39, 0.29) is 11.3 Å². The minimum Gasteiger partial charge on any atom is -0.342 e. The number of hydrogen-bond donors (Lipinski definition) is 0. The summed E-state index contributed by atoms with van der Waals surface area (Å²) in [6.07, 6.45) is 5.18. The van der Waals surface area contributed by atoms with E-state index in [1.54, 1.807) is 0 Å². The van der Waals surface area contributed by atoms with E-state index >= 15 is 0 Å². The van der Waals surface area contributed by atoms with Crippen LogP contribution in [0.1, 0.15) is 43.4 Å². The molecule has 3 heterocycles. The highest BCUT2D eigenvalue weighted by atomic mass is 16.2. The predicted octanol–water partition coefficient (Wildman–Crippen LogP) is 3.70. The number of carbonyl (C=O) groups is 1. The molecule has 1 spiro atoms. The van der Waals surface area contributed by atoms with E-state index in [2.05, 4.69) is 58.1 Å². The van der Waals surface area contributed by atoms with Gasteiger partial charge in [-0.2, -0.15) is 0 Å². The van der Waals surface area contributed by atoms with Gasteiger partial charge in [-0.3, -0.25) is 14.7 Å². The quantitative estimate of drug-likeness (QED) is 0.831. The molecule has 1 amide bonds. The molecule has 1 aromatic carbocycles. The predicted molar refractivity (Wildman–Crippen MR) is 107 cm³/mol. The van der Waals surface area contributed by atoms with E-state index in [9.17, 15) is 4.79 Å². The fourth-order valence-corrected chi connectivity index (χ4v) is 4.77. The molecule has 2 aromatic rings. The Bertz CT molecular complexity index is 754. The van der Waals surface area contributed by atoms with Gasteiger partial charge in [0.25, 0.3) is 0 Å². The van der Waals surface area contributed by atoms with E-state index < -0.39 is 0 Å². The van der Waals surface area contributed by atoms with Crippen molar-refractivity contribution in [2.75, 3.05) is 26.2 Å². The van der Waals surface area contributed by atoms with Gasteiger partial charge in [0.15, 0.2) is 0 Å². The third-order valence-corrected chi connectivity index (χ3v) is 6.39. The van der Waals surface area contributed by atoms with Gasteiger partial charge in [0, 0.05) is 25.8 Å². The molecule has 0 saturated carbocycles. The Hall–Kier alpha value is -2.20. The van der Waals surface area contributed by atoms with Gasteiger partial charge >= 0.3 is 0 Å². The number of nitrogens with zero attached hydrogens (tertiary/aromatic N) is 3. The molecule has 4 heteroatoms. The van der Waals surface area contributed by atoms with Crippen molar-refractivity contribution in [2.45, 2.75) is 38.6 Å². The van der Waals surface area contributed by atoms with Gasteiger partial charge in [-0.1, -0.05) is 36.4 Å². The molecule has 2 fully saturated rings. The van der Waals surface area contributed by atoms with Crippen LogP contribution in [-0.2, 0) is 11.3 Å². The minimum absolute atomic E-state index is 0.0160. The molecule has 0 radical (unpaired) electrons. The summed E-state index contributed by atoms with van der Waals surface area (Å²) >= 11 is 0. The maximum atomic E-state index is 13.0. The molecule has 4 nitrogen and oxygen atoms in total. The molecular weight excluding hydrogens is 334 g/mol. The molecule has 1 atom stereocenters. The summed E-state index contributed by atoms with van der Waals surface area (Å²) in [5, 5.41) is 0. The van der Waals surface area contributed by atoms with Crippen LogP contribution in [0.25, 0.3) is 0 Å². The smallest absolute Gasteiger partial charge is 0.230 e. The number of benzene rings is 1. The van der Waals surface area contributed by atoms with Crippen LogP contribution < -0.4 is 0 Å². The number of likely N-dealkylation sites (N-methyl/N-ethyl adjacent to an activating group) is 1. The summed E-state index contributed by atoms with van der Waals surface area (Å²) in [5.74, 6) is 0.326. The van der Waals surface area contributed by atoms with Crippen molar-refractivity contribution in [2.24, 2.45) is 5.41 Å². The largest absolute Gasteiger partial charge is 0.342 e.